The number of hydrogen-bond donors (Lipinski definition) is 2. The van der Waals surface area contributed by atoms with Gasteiger partial charge in [-0.25, -0.2) is 4.98 Å². The van der Waals surface area contributed by atoms with Crippen molar-refractivity contribution >= 4 is 17.5 Å². The topological polar surface area (TPSA) is 79.3 Å². The SMILES string of the molecule is C[C@]12CCC3c4ccccc4CCC3C1[C@H](CCC(=O)Nc1ccccn1)/C(=C/O)C2=O. The van der Waals surface area contributed by atoms with Crippen LogP contribution in [-0.4, -0.2) is 21.8 Å². The number of aryl methyl sites for hydroxylation is 1. The van der Waals surface area contributed by atoms with Crippen molar-refractivity contribution in [1.82, 2.24) is 4.98 Å². The third-order valence-electron chi connectivity index (χ3n) is 8.26. The molecule has 1 aromatic heterocycles. The fourth-order valence-electron chi connectivity index (χ4n) is 6.89. The Bertz CT molecular complexity index is 1060. The fourth-order valence-corrected chi connectivity index (χ4v) is 6.89. The molecule has 2 fully saturated rings. The van der Waals surface area contributed by atoms with E-state index < -0.39 is 5.41 Å². The summed E-state index contributed by atoms with van der Waals surface area (Å²) >= 11 is 0. The number of benzene rings is 1. The number of carbonyl (C=O) groups excluding carboxylic acids is 2. The molecule has 2 N–H and O–H groups in total. The van der Waals surface area contributed by atoms with Crippen LogP contribution in [-0.2, 0) is 16.0 Å². The zero-order valence-electron chi connectivity index (χ0n) is 18.5. The maximum Gasteiger partial charge on any atom is 0.225 e. The lowest BCUT2D eigenvalue weighted by Gasteiger charge is -2.49. The highest BCUT2D eigenvalue weighted by Crippen LogP contribution is 2.63. The third kappa shape index (κ3) is 3.35. The van der Waals surface area contributed by atoms with Gasteiger partial charge >= 0.3 is 0 Å². The summed E-state index contributed by atoms with van der Waals surface area (Å²) in [6, 6.07) is 14.1. The fraction of sp³-hybridized carbons (Fsp3) is 0.444. The molecule has 1 amide bonds. The molecule has 0 spiro atoms. The van der Waals surface area contributed by atoms with Crippen LogP contribution in [0.4, 0.5) is 5.82 Å². The van der Waals surface area contributed by atoms with Crippen LogP contribution in [0.15, 0.2) is 60.5 Å². The molecule has 5 heteroatoms. The summed E-state index contributed by atoms with van der Waals surface area (Å²) in [5.74, 6) is 1.42. The molecular formula is C27H30N2O3. The smallest absolute Gasteiger partial charge is 0.225 e. The first-order valence-corrected chi connectivity index (χ1v) is 11.7. The van der Waals surface area contributed by atoms with E-state index in [0.717, 1.165) is 31.9 Å². The van der Waals surface area contributed by atoms with E-state index in [-0.39, 0.29) is 23.5 Å². The number of amides is 1. The standard InChI is InChI=1S/C27H30N2O3/c1-27-14-13-19-18-7-3-2-6-17(18)9-10-20(19)25(27)21(22(16-30)26(27)32)11-12-24(31)29-23-8-4-5-15-28-23/h2-8,15-16,19-21,25,30H,9-14H2,1H3,(H,28,29,31)/b22-16-/t19?,20?,21-,25?,27+/m1/s1. The maximum atomic E-state index is 13.4. The molecule has 32 heavy (non-hydrogen) atoms. The summed E-state index contributed by atoms with van der Waals surface area (Å²) in [6.07, 6.45) is 7.46. The van der Waals surface area contributed by atoms with Crippen LogP contribution < -0.4 is 5.32 Å². The zero-order chi connectivity index (χ0) is 22.3. The monoisotopic (exact) mass is 430 g/mol. The lowest BCUT2D eigenvalue weighted by molar-refractivity contribution is -0.127. The maximum absolute atomic E-state index is 13.4. The second kappa shape index (κ2) is 8.19. The average Bonchev–Trinajstić information content (AvgIpc) is 3.04. The van der Waals surface area contributed by atoms with Crippen molar-refractivity contribution in [3.63, 3.8) is 0 Å². The highest BCUT2D eigenvalue weighted by Gasteiger charge is 2.60. The van der Waals surface area contributed by atoms with Gasteiger partial charge in [0.25, 0.3) is 0 Å². The van der Waals surface area contributed by atoms with Crippen molar-refractivity contribution in [2.45, 2.75) is 51.4 Å². The quantitative estimate of drug-likeness (QED) is 0.516. The molecule has 0 aliphatic heterocycles. The Morgan fingerprint density at radius 2 is 2.03 bits per heavy atom. The summed E-state index contributed by atoms with van der Waals surface area (Å²) in [7, 11) is 0. The van der Waals surface area contributed by atoms with Crippen molar-refractivity contribution in [3.8, 4) is 0 Å². The van der Waals surface area contributed by atoms with Crippen LogP contribution in [0.2, 0.25) is 0 Å². The third-order valence-corrected chi connectivity index (χ3v) is 8.26. The largest absolute Gasteiger partial charge is 0.515 e. The number of fused-ring (bicyclic) bond motifs is 5. The van der Waals surface area contributed by atoms with Gasteiger partial charge in [0.2, 0.25) is 5.91 Å². The number of pyridine rings is 1. The van der Waals surface area contributed by atoms with Gasteiger partial charge in [-0.05, 0) is 79.0 Å². The second-order valence-electron chi connectivity index (χ2n) is 9.81. The summed E-state index contributed by atoms with van der Waals surface area (Å²) in [5, 5.41) is 12.9. The molecule has 2 saturated carbocycles. The number of carbonyl (C=O) groups is 2. The first kappa shape index (κ1) is 20.9. The molecule has 2 aromatic rings. The molecule has 3 unspecified atom stereocenters. The molecule has 1 aromatic carbocycles. The number of aliphatic hydroxyl groups is 1. The van der Waals surface area contributed by atoms with E-state index in [1.807, 2.05) is 6.07 Å². The Hall–Kier alpha value is -2.95. The Morgan fingerprint density at radius 3 is 2.81 bits per heavy atom. The molecule has 5 rings (SSSR count). The van der Waals surface area contributed by atoms with Crippen LogP contribution in [0.5, 0.6) is 0 Å². The molecule has 166 valence electrons. The minimum Gasteiger partial charge on any atom is -0.515 e. The lowest BCUT2D eigenvalue weighted by Crippen LogP contribution is -2.44. The number of Topliss-reactive ketones (excluding diaryl/α,β-unsaturated/α-hetero) is 1. The van der Waals surface area contributed by atoms with Gasteiger partial charge in [-0.2, -0.15) is 0 Å². The number of rotatable bonds is 4. The number of ketones is 1. The van der Waals surface area contributed by atoms with Gasteiger partial charge in [0.15, 0.2) is 5.78 Å². The predicted octanol–water partition coefficient (Wildman–Crippen LogP) is 5.20. The van der Waals surface area contributed by atoms with Crippen molar-refractivity contribution in [2.75, 3.05) is 5.32 Å². The number of anilines is 1. The first-order chi connectivity index (χ1) is 15.5. The molecule has 5 nitrogen and oxygen atoms in total. The van der Waals surface area contributed by atoms with E-state index in [1.165, 1.54) is 11.1 Å². The van der Waals surface area contributed by atoms with Crippen molar-refractivity contribution in [1.29, 1.82) is 0 Å². The first-order valence-electron chi connectivity index (χ1n) is 11.7. The van der Waals surface area contributed by atoms with Gasteiger partial charge in [0, 0.05) is 23.6 Å². The van der Waals surface area contributed by atoms with E-state index >= 15 is 0 Å². The van der Waals surface area contributed by atoms with Crippen LogP contribution >= 0.6 is 0 Å². The lowest BCUT2D eigenvalue weighted by atomic mass is 9.54. The molecule has 0 saturated heterocycles. The summed E-state index contributed by atoms with van der Waals surface area (Å²) in [4.78, 5) is 30.2. The molecule has 0 bridgehead atoms. The molecular weight excluding hydrogens is 400 g/mol. The van der Waals surface area contributed by atoms with Crippen molar-refractivity contribution in [3.05, 3.63) is 71.6 Å². The highest BCUT2D eigenvalue weighted by atomic mass is 16.2. The number of hydrogen-bond acceptors (Lipinski definition) is 4. The van der Waals surface area contributed by atoms with Crippen molar-refractivity contribution < 1.29 is 14.7 Å². The minimum absolute atomic E-state index is 0.0810. The van der Waals surface area contributed by atoms with Gasteiger partial charge in [0.05, 0.1) is 6.26 Å². The summed E-state index contributed by atoms with van der Waals surface area (Å²) in [5.41, 5.74) is 2.93. The van der Waals surface area contributed by atoms with Gasteiger partial charge < -0.3 is 10.4 Å². The predicted molar refractivity (Wildman–Crippen MR) is 123 cm³/mol. The van der Waals surface area contributed by atoms with Gasteiger partial charge in [0.1, 0.15) is 5.82 Å². The Balaban J connectivity index is 1.40. The van der Waals surface area contributed by atoms with Crippen molar-refractivity contribution in [2.24, 2.45) is 23.2 Å². The van der Waals surface area contributed by atoms with Gasteiger partial charge in [-0.3, -0.25) is 9.59 Å². The van der Waals surface area contributed by atoms with Crippen LogP contribution in [0.25, 0.3) is 0 Å². The van der Waals surface area contributed by atoms with Crippen LogP contribution in [0.1, 0.15) is 56.1 Å². The van der Waals surface area contributed by atoms with E-state index in [4.69, 9.17) is 0 Å². The van der Waals surface area contributed by atoms with E-state index in [1.54, 1.807) is 18.3 Å². The molecule has 0 radical (unpaired) electrons. The van der Waals surface area contributed by atoms with Crippen LogP contribution in [0, 0.1) is 23.2 Å². The number of aromatic nitrogens is 1. The van der Waals surface area contributed by atoms with Gasteiger partial charge in [-0.1, -0.05) is 37.3 Å². The average molecular weight is 431 g/mol. The van der Waals surface area contributed by atoms with E-state index in [2.05, 4.69) is 41.5 Å². The zero-order valence-corrected chi connectivity index (χ0v) is 18.5. The van der Waals surface area contributed by atoms with Crippen LogP contribution in [0.3, 0.4) is 0 Å². The summed E-state index contributed by atoms with van der Waals surface area (Å²) < 4.78 is 0. The summed E-state index contributed by atoms with van der Waals surface area (Å²) in [6.45, 7) is 2.09. The number of aliphatic hydroxyl groups excluding tert-OH is 1. The number of allylic oxidation sites excluding steroid dienone is 1. The Kier molecular flexibility index (Phi) is 5.36. The number of nitrogens with one attached hydrogen (secondary N) is 1. The molecule has 3 aliphatic carbocycles. The Morgan fingerprint density at radius 1 is 1.22 bits per heavy atom. The number of nitrogens with zero attached hydrogens (tertiary/aromatic N) is 1. The highest BCUT2D eigenvalue weighted by molar-refractivity contribution is 6.03. The van der Waals surface area contributed by atoms with E-state index in [0.29, 0.717) is 36.1 Å². The molecule has 3 aliphatic rings. The molecule has 5 atom stereocenters. The second-order valence-corrected chi connectivity index (χ2v) is 9.81. The molecule has 1 heterocycles. The Labute approximate surface area is 189 Å². The van der Waals surface area contributed by atoms with Gasteiger partial charge in [-0.15, -0.1) is 0 Å². The minimum atomic E-state index is -0.454. The van der Waals surface area contributed by atoms with E-state index in [9.17, 15) is 14.7 Å². The normalized spacial score (nSPS) is 32.2.